The second kappa shape index (κ2) is 5.75. The van der Waals surface area contributed by atoms with Crippen LogP contribution in [0.15, 0.2) is 18.2 Å². The number of rotatable bonds is 3. The number of aryl methyl sites for hydroxylation is 2. The first-order valence-corrected chi connectivity index (χ1v) is 7.09. The van der Waals surface area contributed by atoms with Gasteiger partial charge in [0.25, 0.3) is 0 Å². The molecule has 1 aromatic rings. The Balaban J connectivity index is 2.04. The van der Waals surface area contributed by atoms with Gasteiger partial charge in [0.05, 0.1) is 0 Å². The largest absolute Gasteiger partial charge is 0.489 e. The van der Waals surface area contributed by atoms with Gasteiger partial charge in [0, 0.05) is 6.04 Å². The molecule has 2 nitrogen and oxygen atoms in total. The van der Waals surface area contributed by atoms with Crippen molar-refractivity contribution in [2.24, 2.45) is 11.7 Å². The minimum atomic E-state index is 0.186. The predicted molar refractivity (Wildman–Crippen MR) is 75.9 cm³/mol. The fourth-order valence-electron chi connectivity index (χ4n) is 2.70. The lowest BCUT2D eigenvalue weighted by Crippen LogP contribution is -2.43. The Labute approximate surface area is 111 Å². The van der Waals surface area contributed by atoms with Crippen LogP contribution in [-0.4, -0.2) is 12.1 Å². The third kappa shape index (κ3) is 3.05. The van der Waals surface area contributed by atoms with Crippen LogP contribution in [0.4, 0.5) is 0 Å². The van der Waals surface area contributed by atoms with Crippen LogP contribution in [0.5, 0.6) is 5.75 Å². The van der Waals surface area contributed by atoms with Crippen molar-refractivity contribution in [1.29, 1.82) is 0 Å². The third-order valence-corrected chi connectivity index (χ3v) is 4.29. The van der Waals surface area contributed by atoms with E-state index in [1.165, 1.54) is 24.0 Å². The molecule has 0 spiro atoms. The van der Waals surface area contributed by atoms with Crippen molar-refractivity contribution in [1.82, 2.24) is 0 Å². The van der Waals surface area contributed by atoms with Gasteiger partial charge in [0.1, 0.15) is 11.9 Å². The number of ether oxygens (including phenoxy) is 1. The van der Waals surface area contributed by atoms with Gasteiger partial charge in [-0.1, -0.05) is 19.4 Å². The molecule has 0 bridgehead atoms. The maximum atomic E-state index is 6.19. The number of benzene rings is 1. The first-order valence-electron chi connectivity index (χ1n) is 7.09. The van der Waals surface area contributed by atoms with Gasteiger partial charge in [-0.15, -0.1) is 0 Å². The number of hydrogen-bond acceptors (Lipinski definition) is 2. The first kappa shape index (κ1) is 13.4. The molecular weight excluding hydrogens is 222 g/mol. The lowest BCUT2D eigenvalue weighted by Gasteiger charge is -2.34. The Bertz CT molecular complexity index is 402. The van der Waals surface area contributed by atoms with E-state index >= 15 is 0 Å². The lowest BCUT2D eigenvalue weighted by atomic mass is 9.83. The molecule has 0 aliphatic heterocycles. The topological polar surface area (TPSA) is 35.2 Å². The van der Waals surface area contributed by atoms with Crippen molar-refractivity contribution in [3.8, 4) is 5.75 Å². The van der Waals surface area contributed by atoms with Crippen molar-refractivity contribution in [2.45, 2.75) is 58.6 Å². The Morgan fingerprint density at radius 1 is 1.22 bits per heavy atom. The summed E-state index contributed by atoms with van der Waals surface area (Å²) in [4.78, 5) is 0. The van der Waals surface area contributed by atoms with E-state index < -0.39 is 0 Å². The molecule has 2 rings (SSSR count). The van der Waals surface area contributed by atoms with Crippen LogP contribution in [0.2, 0.25) is 0 Å². The van der Waals surface area contributed by atoms with E-state index in [-0.39, 0.29) is 12.1 Å². The van der Waals surface area contributed by atoms with Gasteiger partial charge in [0.15, 0.2) is 0 Å². The normalized spacial score (nSPS) is 28.1. The van der Waals surface area contributed by atoms with Gasteiger partial charge in [-0.3, -0.25) is 0 Å². The maximum absolute atomic E-state index is 6.19. The van der Waals surface area contributed by atoms with Crippen molar-refractivity contribution in [3.05, 3.63) is 29.3 Å². The van der Waals surface area contributed by atoms with Gasteiger partial charge in [-0.05, 0) is 62.3 Å². The highest BCUT2D eigenvalue weighted by Gasteiger charge is 2.28. The molecule has 0 radical (unpaired) electrons. The molecule has 0 saturated heterocycles. The average molecular weight is 247 g/mol. The second-order valence-corrected chi connectivity index (χ2v) is 5.65. The highest BCUT2D eigenvalue weighted by molar-refractivity contribution is 5.34. The van der Waals surface area contributed by atoms with Crippen LogP contribution in [-0.2, 0) is 0 Å². The monoisotopic (exact) mass is 247 g/mol. The zero-order valence-corrected chi connectivity index (χ0v) is 11.8. The summed E-state index contributed by atoms with van der Waals surface area (Å²) >= 11 is 0. The summed E-state index contributed by atoms with van der Waals surface area (Å²) in [7, 11) is 0. The molecule has 0 amide bonds. The van der Waals surface area contributed by atoms with Crippen molar-refractivity contribution < 1.29 is 4.74 Å². The van der Waals surface area contributed by atoms with Crippen molar-refractivity contribution in [3.63, 3.8) is 0 Å². The quantitative estimate of drug-likeness (QED) is 0.886. The summed E-state index contributed by atoms with van der Waals surface area (Å²) in [6.45, 7) is 6.50. The third-order valence-electron chi connectivity index (χ3n) is 4.29. The summed E-state index contributed by atoms with van der Waals surface area (Å²) in [5, 5.41) is 0. The van der Waals surface area contributed by atoms with Gasteiger partial charge in [-0.2, -0.15) is 0 Å². The van der Waals surface area contributed by atoms with Crippen LogP contribution in [0.3, 0.4) is 0 Å². The molecule has 1 fully saturated rings. The summed E-state index contributed by atoms with van der Waals surface area (Å²) < 4.78 is 6.11. The standard InChI is InChI=1S/C16H25NO/c1-4-13-6-8-15(17)16(10-13)18-14-7-5-11(2)12(3)9-14/h5,7,9,13,15-16H,4,6,8,10,17H2,1-3H3. The minimum absolute atomic E-state index is 0.186. The van der Waals surface area contributed by atoms with Crippen LogP contribution in [0.1, 0.15) is 43.7 Å². The Hall–Kier alpha value is -1.02. The van der Waals surface area contributed by atoms with E-state index in [4.69, 9.17) is 10.5 Å². The zero-order valence-electron chi connectivity index (χ0n) is 11.8. The Kier molecular flexibility index (Phi) is 4.28. The number of nitrogens with two attached hydrogens (primary N) is 1. The molecule has 1 saturated carbocycles. The van der Waals surface area contributed by atoms with E-state index in [2.05, 4.69) is 39.0 Å². The summed E-state index contributed by atoms with van der Waals surface area (Å²) in [5.74, 6) is 1.75. The van der Waals surface area contributed by atoms with Gasteiger partial charge in [-0.25, -0.2) is 0 Å². The van der Waals surface area contributed by atoms with Crippen molar-refractivity contribution >= 4 is 0 Å². The fourth-order valence-corrected chi connectivity index (χ4v) is 2.70. The van der Waals surface area contributed by atoms with E-state index in [0.717, 1.165) is 24.5 Å². The van der Waals surface area contributed by atoms with Crippen LogP contribution >= 0.6 is 0 Å². The zero-order chi connectivity index (χ0) is 13.1. The molecule has 2 N–H and O–H groups in total. The second-order valence-electron chi connectivity index (χ2n) is 5.65. The summed E-state index contributed by atoms with van der Waals surface area (Å²) in [5.41, 5.74) is 8.78. The predicted octanol–water partition coefficient (Wildman–Crippen LogP) is 3.59. The molecule has 0 heterocycles. The molecule has 18 heavy (non-hydrogen) atoms. The van der Waals surface area contributed by atoms with Gasteiger partial charge >= 0.3 is 0 Å². The highest BCUT2D eigenvalue weighted by Crippen LogP contribution is 2.29. The molecule has 1 aromatic carbocycles. The lowest BCUT2D eigenvalue weighted by molar-refractivity contribution is 0.101. The molecule has 0 aromatic heterocycles. The molecule has 3 atom stereocenters. The van der Waals surface area contributed by atoms with Crippen LogP contribution in [0, 0.1) is 19.8 Å². The van der Waals surface area contributed by atoms with Gasteiger partial charge in [0.2, 0.25) is 0 Å². The van der Waals surface area contributed by atoms with Gasteiger partial charge < -0.3 is 10.5 Å². The molecule has 100 valence electrons. The summed E-state index contributed by atoms with van der Waals surface area (Å²) in [6.07, 6.45) is 4.87. The fraction of sp³-hybridized carbons (Fsp3) is 0.625. The van der Waals surface area contributed by atoms with Crippen LogP contribution < -0.4 is 10.5 Å². The van der Waals surface area contributed by atoms with E-state index in [1.54, 1.807) is 0 Å². The Morgan fingerprint density at radius 2 is 2.00 bits per heavy atom. The number of hydrogen-bond donors (Lipinski definition) is 1. The summed E-state index contributed by atoms with van der Waals surface area (Å²) in [6, 6.07) is 6.49. The molecule has 2 heteroatoms. The minimum Gasteiger partial charge on any atom is -0.489 e. The molecule has 3 unspecified atom stereocenters. The van der Waals surface area contributed by atoms with Crippen LogP contribution in [0.25, 0.3) is 0 Å². The molecular formula is C16H25NO. The highest BCUT2D eigenvalue weighted by atomic mass is 16.5. The van der Waals surface area contributed by atoms with Crippen molar-refractivity contribution in [2.75, 3.05) is 0 Å². The molecule has 1 aliphatic carbocycles. The maximum Gasteiger partial charge on any atom is 0.120 e. The smallest absolute Gasteiger partial charge is 0.120 e. The van der Waals surface area contributed by atoms with E-state index in [1.807, 2.05) is 0 Å². The van der Waals surface area contributed by atoms with E-state index in [9.17, 15) is 0 Å². The molecule has 1 aliphatic rings. The SMILES string of the molecule is CCC1CCC(N)C(Oc2ccc(C)c(C)c2)C1. The van der Waals surface area contributed by atoms with E-state index in [0.29, 0.717) is 0 Å². The Morgan fingerprint density at radius 3 is 2.67 bits per heavy atom. The average Bonchev–Trinajstić information content (AvgIpc) is 2.36. The first-order chi connectivity index (χ1) is 8.60.